The topological polar surface area (TPSA) is 131 Å². The first-order chi connectivity index (χ1) is 17.7. The van der Waals surface area contributed by atoms with Crippen molar-refractivity contribution in [3.63, 3.8) is 0 Å². The van der Waals surface area contributed by atoms with E-state index in [9.17, 15) is 13.2 Å². The lowest BCUT2D eigenvalue weighted by Crippen LogP contribution is -2.45. The molecule has 1 aliphatic carbocycles. The number of hydrogen-bond donors (Lipinski definition) is 2. The molecule has 0 bridgehead atoms. The van der Waals surface area contributed by atoms with Crippen molar-refractivity contribution in [1.29, 1.82) is 0 Å². The van der Waals surface area contributed by atoms with Gasteiger partial charge in [-0.05, 0) is 68.1 Å². The predicted octanol–water partition coefficient (Wildman–Crippen LogP) is 3.98. The molecule has 1 amide bonds. The molecule has 9 nitrogen and oxygen atoms in total. The van der Waals surface area contributed by atoms with Crippen molar-refractivity contribution in [1.82, 2.24) is 19.9 Å². The maximum absolute atomic E-state index is 13.2. The average Bonchev–Trinajstić information content (AvgIpc) is 3.28. The molecular weight excluding hydrogens is 490 g/mol. The standard InChI is InChI=1S/C27H27N5O4S/c1-37(34,35)18-9-7-17(8-10-18)36-24-16-22-21(30-25(31-22)20-5-2-3-13-29-20)15-19(24)23-6-4-14-32(23)26(33)27(28)11-12-27/h2-3,5,7-10,13,15-16,23H,4,6,11-12,14,28H2,1H3,(H,30,31). The summed E-state index contributed by atoms with van der Waals surface area (Å²) in [5, 5.41) is 0. The fourth-order valence-electron chi connectivity index (χ4n) is 4.88. The number of aromatic nitrogens is 3. The highest BCUT2D eigenvalue weighted by molar-refractivity contribution is 7.90. The fourth-order valence-corrected chi connectivity index (χ4v) is 5.51. The number of benzene rings is 2. The Morgan fingerprint density at radius 2 is 1.95 bits per heavy atom. The van der Waals surface area contributed by atoms with E-state index >= 15 is 0 Å². The van der Waals surface area contributed by atoms with E-state index in [0.717, 1.165) is 29.6 Å². The minimum Gasteiger partial charge on any atom is -0.457 e. The van der Waals surface area contributed by atoms with Crippen LogP contribution in [0.5, 0.6) is 11.5 Å². The number of carbonyl (C=O) groups is 1. The summed E-state index contributed by atoms with van der Waals surface area (Å²) in [6.45, 7) is 0.644. The Labute approximate surface area is 214 Å². The van der Waals surface area contributed by atoms with Crippen molar-refractivity contribution in [3.05, 3.63) is 66.4 Å². The van der Waals surface area contributed by atoms with Crippen LogP contribution in [0.25, 0.3) is 22.6 Å². The number of ether oxygens (including phenoxy) is 1. The van der Waals surface area contributed by atoms with Gasteiger partial charge in [-0.1, -0.05) is 6.07 Å². The van der Waals surface area contributed by atoms with Gasteiger partial charge in [0.1, 0.15) is 17.2 Å². The Bertz CT molecular complexity index is 1600. The fraction of sp³-hybridized carbons (Fsp3) is 0.296. The maximum Gasteiger partial charge on any atom is 0.243 e. The van der Waals surface area contributed by atoms with Crippen molar-refractivity contribution < 1.29 is 17.9 Å². The quantitative estimate of drug-likeness (QED) is 0.395. The molecule has 3 N–H and O–H groups in total. The summed E-state index contributed by atoms with van der Waals surface area (Å²) in [4.78, 5) is 27.8. The predicted molar refractivity (Wildman–Crippen MR) is 139 cm³/mol. The van der Waals surface area contributed by atoms with Gasteiger partial charge in [-0.2, -0.15) is 0 Å². The molecule has 10 heteroatoms. The minimum atomic E-state index is -3.32. The van der Waals surface area contributed by atoms with Crippen LogP contribution in [0.15, 0.2) is 65.7 Å². The van der Waals surface area contributed by atoms with Crippen LogP contribution in [0.1, 0.15) is 37.3 Å². The third-order valence-corrected chi connectivity index (χ3v) is 8.22. The number of sulfone groups is 1. The molecular formula is C27H27N5O4S. The highest BCUT2D eigenvalue weighted by atomic mass is 32.2. The summed E-state index contributed by atoms with van der Waals surface area (Å²) in [5.41, 5.74) is 8.60. The smallest absolute Gasteiger partial charge is 0.243 e. The molecule has 2 aromatic heterocycles. The van der Waals surface area contributed by atoms with E-state index < -0.39 is 15.4 Å². The molecule has 1 saturated carbocycles. The van der Waals surface area contributed by atoms with Crippen LogP contribution < -0.4 is 10.5 Å². The third-order valence-electron chi connectivity index (χ3n) is 7.09. The lowest BCUT2D eigenvalue weighted by Gasteiger charge is -2.29. The number of nitrogens with two attached hydrogens (primary N) is 1. The summed E-state index contributed by atoms with van der Waals surface area (Å²) in [6, 6.07) is 15.6. The number of carbonyl (C=O) groups excluding carboxylic acids is 1. The van der Waals surface area contributed by atoms with Crippen LogP contribution in [0.4, 0.5) is 0 Å². The largest absolute Gasteiger partial charge is 0.457 e. The van der Waals surface area contributed by atoms with Gasteiger partial charge in [0.2, 0.25) is 5.91 Å². The van der Waals surface area contributed by atoms with Crippen LogP contribution in [-0.2, 0) is 14.6 Å². The number of nitrogens with one attached hydrogen (secondary N) is 1. The molecule has 4 aromatic rings. The van der Waals surface area contributed by atoms with Crippen LogP contribution in [-0.4, -0.2) is 52.5 Å². The number of aromatic amines is 1. The highest BCUT2D eigenvalue weighted by Gasteiger charge is 2.50. The van der Waals surface area contributed by atoms with Gasteiger partial charge in [0, 0.05) is 30.6 Å². The number of hydrogen-bond acceptors (Lipinski definition) is 7. The van der Waals surface area contributed by atoms with Gasteiger partial charge < -0.3 is 20.4 Å². The van der Waals surface area contributed by atoms with Gasteiger partial charge in [-0.25, -0.2) is 13.4 Å². The number of nitrogens with zero attached hydrogens (tertiary/aromatic N) is 3. The van der Waals surface area contributed by atoms with Gasteiger partial charge in [0.05, 0.1) is 27.5 Å². The third kappa shape index (κ3) is 4.47. The summed E-state index contributed by atoms with van der Waals surface area (Å²) in [5.74, 6) is 1.67. The Hall–Kier alpha value is -3.76. The molecule has 0 radical (unpaired) electrons. The number of pyridine rings is 1. The average molecular weight is 518 g/mol. The lowest BCUT2D eigenvalue weighted by atomic mass is 10.0. The molecule has 3 heterocycles. The minimum absolute atomic E-state index is 0.0164. The van der Waals surface area contributed by atoms with Gasteiger partial charge in [-0.3, -0.25) is 9.78 Å². The van der Waals surface area contributed by atoms with Gasteiger partial charge in [-0.15, -0.1) is 0 Å². The first kappa shape index (κ1) is 23.6. The first-order valence-electron chi connectivity index (χ1n) is 12.2. The summed E-state index contributed by atoms with van der Waals surface area (Å²) >= 11 is 0. The van der Waals surface area contributed by atoms with Crippen molar-refractivity contribution in [3.8, 4) is 23.0 Å². The van der Waals surface area contributed by atoms with E-state index in [1.807, 2.05) is 35.2 Å². The molecule has 2 aliphatic rings. The van der Waals surface area contributed by atoms with E-state index in [-0.39, 0.29) is 16.8 Å². The number of likely N-dealkylation sites (tertiary alicyclic amines) is 1. The van der Waals surface area contributed by atoms with Gasteiger partial charge >= 0.3 is 0 Å². The zero-order valence-electron chi connectivity index (χ0n) is 20.3. The van der Waals surface area contributed by atoms with E-state index in [0.29, 0.717) is 42.2 Å². The number of amides is 1. The second-order valence-corrected chi connectivity index (χ2v) is 11.9. The summed E-state index contributed by atoms with van der Waals surface area (Å²) in [6.07, 6.45) is 5.95. The van der Waals surface area contributed by atoms with Crippen molar-refractivity contribution in [2.45, 2.75) is 42.2 Å². The van der Waals surface area contributed by atoms with E-state index in [2.05, 4.69) is 9.97 Å². The molecule has 190 valence electrons. The Morgan fingerprint density at radius 3 is 2.62 bits per heavy atom. The molecule has 1 aliphatic heterocycles. The highest BCUT2D eigenvalue weighted by Crippen LogP contribution is 2.44. The van der Waals surface area contributed by atoms with Gasteiger partial charge in [0.25, 0.3) is 0 Å². The number of H-pyrrole nitrogens is 1. The summed E-state index contributed by atoms with van der Waals surface area (Å²) < 4.78 is 30.1. The second kappa shape index (κ2) is 8.67. The van der Waals surface area contributed by atoms with Gasteiger partial charge in [0.15, 0.2) is 15.7 Å². The molecule has 1 saturated heterocycles. The number of imidazole rings is 1. The van der Waals surface area contributed by atoms with Crippen molar-refractivity contribution >= 4 is 26.8 Å². The first-order valence-corrected chi connectivity index (χ1v) is 14.1. The molecule has 37 heavy (non-hydrogen) atoms. The molecule has 2 aromatic carbocycles. The van der Waals surface area contributed by atoms with Crippen LogP contribution in [0.3, 0.4) is 0 Å². The van der Waals surface area contributed by atoms with E-state index in [4.69, 9.17) is 15.5 Å². The van der Waals surface area contributed by atoms with Crippen LogP contribution in [0.2, 0.25) is 0 Å². The Morgan fingerprint density at radius 1 is 1.16 bits per heavy atom. The van der Waals surface area contributed by atoms with Crippen molar-refractivity contribution in [2.75, 3.05) is 12.8 Å². The molecule has 1 atom stereocenters. The van der Waals surface area contributed by atoms with Crippen LogP contribution >= 0.6 is 0 Å². The second-order valence-electron chi connectivity index (χ2n) is 9.87. The Kier molecular flexibility index (Phi) is 5.54. The molecule has 0 spiro atoms. The summed E-state index contributed by atoms with van der Waals surface area (Å²) in [7, 11) is -3.32. The van der Waals surface area contributed by atoms with E-state index in [1.165, 1.54) is 18.4 Å². The Balaban J connectivity index is 1.43. The molecule has 1 unspecified atom stereocenters. The SMILES string of the molecule is CS(=O)(=O)c1ccc(Oc2cc3nc(-c4ccccn4)[nH]c3cc2C2CCCN2C(=O)C2(N)CC2)cc1. The normalized spacial score (nSPS) is 18.8. The number of fused-ring (bicyclic) bond motifs is 1. The zero-order valence-corrected chi connectivity index (χ0v) is 21.2. The maximum atomic E-state index is 13.2. The molecule has 6 rings (SSSR count). The van der Waals surface area contributed by atoms with Crippen molar-refractivity contribution in [2.24, 2.45) is 5.73 Å². The zero-order chi connectivity index (χ0) is 25.8. The number of rotatable bonds is 6. The van der Waals surface area contributed by atoms with E-state index in [1.54, 1.807) is 18.3 Å². The molecule has 2 fully saturated rings. The lowest BCUT2D eigenvalue weighted by molar-refractivity contribution is -0.134. The monoisotopic (exact) mass is 517 g/mol. The van der Waals surface area contributed by atoms with Crippen LogP contribution in [0, 0.1) is 0 Å².